The number of halogens is 3. The molecule has 0 saturated heterocycles. The van der Waals surface area contributed by atoms with E-state index in [1.807, 2.05) is 0 Å². The van der Waals surface area contributed by atoms with Gasteiger partial charge in [0.25, 0.3) is 0 Å². The SMILES string of the molecule is [O]C1C(C(F)(F)F)=Cc2ccccc21. The molecule has 1 aliphatic rings. The molecule has 2 rings (SSSR count). The topological polar surface area (TPSA) is 19.9 Å². The lowest BCUT2D eigenvalue weighted by Gasteiger charge is -2.10. The molecule has 14 heavy (non-hydrogen) atoms. The van der Waals surface area contributed by atoms with E-state index in [9.17, 15) is 18.3 Å². The summed E-state index contributed by atoms with van der Waals surface area (Å²) in [6, 6.07) is 6.12. The maximum Gasteiger partial charge on any atom is 0.415 e. The van der Waals surface area contributed by atoms with Crippen LogP contribution in [0.1, 0.15) is 17.2 Å². The fraction of sp³-hybridized carbons (Fsp3) is 0.200. The summed E-state index contributed by atoms with van der Waals surface area (Å²) in [4.78, 5) is 0. The minimum Gasteiger partial charge on any atom is -0.223 e. The number of benzene rings is 1. The Morgan fingerprint density at radius 1 is 1.14 bits per heavy atom. The summed E-state index contributed by atoms with van der Waals surface area (Å²) in [6.45, 7) is 0. The molecule has 1 radical (unpaired) electrons. The maximum atomic E-state index is 12.3. The highest BCUT2D eigenvalue weighted by Crippen LogP contribution is 2.43. The molecule has 4 heteroatoms. The molecule has 0 spiro atoms. The third-order valence-corrected chi connectivity index (χ3v) is 2.20. The predicted octanol–water partition coefficient (Wildman–Crippen LogP) is 3.12. The van der Waals surface area contributed by atoms with E-state index in [0.29, 0.717) is 5.56 Å². The second-order valence-electron chi connectivity index (χ2n) is 3.11. The molecule has 73 valence electrons. The molecule has 0 amide bonds. The van der Waals surface area contributed by atoms with Gasteiger partial charge in [0, 0.05) is 0 Å². The molecule has 0 aromatic heterocycles. The fourth-order valence-corrected chi connectivity index (χ4v) is 1.52. The Labute approximate surface area is 78.5 Å². The summed E-state index contributed by atoms with van der Waals surface area (Å²) < 4.78 is 36.9. The summed E-state index contributed by atoms with van der Waals surface area (Å²) in [6.07, 6.45) is -5.38. The molecule has 0 bridgehead atoms. The van der Waals surface area contributed by atoms with Gasteiger partial charge in [-0.15, -0.1) is 0 Å². The molecule has 0 aliphatic heterocycles. The first-order valence-corrected chi connectivity index (χ1v) is 4.03. The summed E-state index contributed by atoms with van der Waals surface area (Å²) in [7, 11) is 0. The molecular weight excluding hydrogens is 193 g/mol. The van der Waals surface area contributed by atoms with Crippen molar-refractivity contribution in [3.8, 4) is 0 Å². The monoisotopic (exact) mass is 199 g/mol. The van der Waals surface area contributed by atoms with Crippen molar-refractivity contribution in [2.45, 2.75) is 12.3 Å². The molecule has 1 aromatic carbocycles. The van der Waals surface area contributed by atoms with Crippen molar-refractivity contribution in [3.63, 3.8) is 0 Å². The van der Waals surface area contributed by atoms with Crippen LogP contribution in [0.4, 0.5) is 13.2 Å². The van der Waals surface area contributed by atoms with Gasteiger partial charge < -0.3 is 0 Å². The van der Waals surface area contributed by atoms with Gasteiger partial charge in [-0.25, -0.2) is 5.11 Å². The standard InChI is InChI=1S/C10H6F3O/c11-10(12,13)8-5-6-3-1-2-4-7(6)9(8)14/h1-5,9H. The lowest BCUT2D eigenvalue weighted by molar-refractivity contribution is -0.109. The predicted molar refractivity (Wildman–Crippen MR) is 43.9 cm³/mol. The molecule has 1 nitrogen and oxygen atoms in total. The van der Waals surface area contributed by atoms with Crippen LogP contribution in [-0.2, 0) is 5.11 Å². The van der Waals surface area contributed by atoms with Crippen LogP contribution in [0, 0.1) is 0 Å². The molecule has 0 saturated carbocycles. The lowest BCUT2D eigenvalue weighted by atomic mass is 10.1. The first-order valence-electron chi connectivity index (χ1n) is 4.03. The summed E-state index contributed by atoms with van der Waals surface area (Å²) in [5, 5.41) is 11.3. The van der Waals surface area contributed by atoms with E-state index < -0.39 is 17.9 Å². The molecule has 1 aliphatic carbocycles. The minimum absolute atomic E-state index is 0.208. The number of hydrogen-bond donors (Lipinski definition) is 0. The first kappa shape index (κ1) is 9.27. The highest BCUT2D eigenvalue weighted by atomic mass is 19.4. The van der Waals surface area contributed by atoms with E-state index in [2.05, 4.69) is 0 Å². The second-order valence-corrected chi connectivity index (χ2v) is 3.11. The number of hydrogen-bond acceptors (Lipinski definition) is 0. The third kappa shape index (κ3) is 1.32. The smallest absolute Gasteiger partial charge is 0.223 e. The van der Waals surface area contributed by atoms with Crippen LogP contribution in [-0.4, -0.2) is 6.18 Å². The zero-order chi connectivity index (χ0) is 10.3. The van der Waals surface area contributed by atoms with Crippen molar-refractivity contribution in [3.05, 3.63) is 41.0 Å². The largest absolute Gasteiger partial charge is 0.415 e. The Balaban J connectivity index is 2.47. The zero-order valence-electron chi connectivity index (χ0n) is 7.01. The molecule has 1 aromatic rings. The fourth-order valence-electron chi connectivity index (χ4n) is 1.52. The molecule has 1 atom stereocenters. The van der Waals surface area contributed by atoms with Gasteiger partial charge in [-0.3, -0.25) is 0 Å². The van der Waals surface area contributed by atoms with Gasteiger partial charge in [-0.2, -0.15) is 13.2 Å². The van der Waals surface area contributed by atoms with Crippen LogP contribution in [0.3, 0.4) is 0 Å². The highest BCUT2D eigenvalue weighted by molar-refractivity contribution is 5.66. The Kier molecular flexibility index (Phi) is 1.89. The first-order chi connectivity index (χ1) is 6.50. The van der Waals surface area contributed by atoms with Crippen molar-refractivity contribution in [1.29, 1.82) is 0 Å². The van der Waals surface area contributed by atoms with E-state index in [1.165, 1.54) is 12.1 Å². The molecule has 1 unspecified atom stereocenters. The average molecular weight is 199 g/mol. The van der Waals surface area contributed by atoms with Gasteiger partial charge in [-0.1, -0.05) is 24.3 Å². The van der Waals surface area contributed by atoms with E-state index in [4.69, 9.17) is 0 Å². The third-order valence-electron chi connectivity index (χ3n) is 2.20. The van der Waals surface area contributed by atoms with Crippen LogP contribution >= 0.6 is 0 Å². The molecule has 0 heterocycles. The van der Waals surface area contributed by atoms with Crippen LogP contribution in [0.15, 0.2) is 29.8 Å². The maximum absolute atomic E-state index is 12.3. The number of alkyl halides is 3. The summed E-state index contributed by atoms with van der Waals surface area (Å²) in [5.41, 5.74) is -0.418. The van der Waals surface area contributed by atoms with Crippen LogP contribution < -0.4 is 0 Å². The van der Waals surface area contributed by atoms with Gasteiger partial charge in [0.2, 0.25) is 0 Å². The second kappa shape index (κ2) is 2.85. The Morgan fingerprint density at radius 2 is 1.79 bits per heavy atom. The van der Waals surface area contributed by atoms with Crippen molar-refractivity contribution < 1.29 is 18.3 Å². The molecule has 0 N–H and O–H groups in total. The quantitative estimate of drug-likeness (QED) is 0.611. The normalized spacial score (nSPS) is 20.6. The van der Waals surface area contributed by atoms with E-state index in [0.717, 1.165) is 6.08 Å². The molecule has 0 fully saturated rings. The van der Waals surface area contributed by atoms with Gasteiger partial charge in [0.1, 0.15) is 6.10 Å². The van der Waals surface area contributed by atoms with E-state index in [1.54, 1.807) is 12.1 Å². The van der Waals surface area contributed by atoms with E-state index >= 15 is 0 Å². The average Bonchev–Trinajstić information content (AvgIpc) is 2.44. The highest BCUT2D eigenvalue weighted by Gasteiger charge is 2.42. The van der Waals surface area contributed by atoms with Gasteiger partial charge in [0.05, 0.1) is 5.57 Å². The van der Waals surface area contributed by atoms with Crippen LogP contribution in [0.5, 0.6) is 0 Å². The van der Waals surface area contributed by atoms with Crippen LogP contribution in [0.2, 0.25) is 0 Å². The Hall–Kier alpha value is -1.29. The Morgan fingerprint density at radius 3 is 2.36 bits per heavy atom. The minimum atomic E-state index is -4.52. The van der Waals surface area contributed by atoms with Crippen molar-refractivity contribution in [1.82, 2.24) is 0 Å². The number of rotatable bonds is 0. The van der Waals surface area contributed by atoms with Crippen LogP contribution in [0.25, 0.3) is 6.08 Å². The van der Waals surface area contributed by atoms with Gasteiger partial charge in [-0.05, 0) is 17.2 Å². The summed E-state index contributed by atoms with van der Waals surface area (Å²) in [5.74, 6) is 0. The van der Waals surface area contributed by atoms with Crippen molar-refractivity contribution in [2.75, 3.05) is 0 Å². The van der Waals surface area contributed by atoms with Gasteiger partial charge >= 0.3 is 6.18 Å². The number of fused-ring (bicyclic) bond motifs is 1. The Bertz CT molecular complexity index is 393. The summed E-state index contributed by atoms with van der Waals surface area (Å²) >= 11 is 0. The zero-order valence-corrected chi connectivity index (χ0v) is 7.01. The molecular formula is C10H6F3O. The van der Waals surface area contributed by atoms with Crippen molar-refractivity contribution in [2.24, 2.45) is 0 Å². The van der Waals surface area contributed by atoms with E-state index in [-0.39, 0.29) is 5.56 Å². The van der Waals surface area contributed by atoms with Crippen molar-refractivity contribution >= 4 is 6.08 Å². The van der Waals surface area contributed by atoms with Gasteiger partial charge in [0.15, 0.2) is 0 Å². The lowest BCUT2D eigenvalue weighted by Crippen LogP contribution is -2.14.